The molecule has 1 aliphatic carbocycles. The van der Waals surface area contributed by atoms with Gasteiger partial charge in [0.05, 0.1) is 4.88 Å². The number of rotatable bonds is 4. The first-order chi connectivity index (χ1) is 9.06. The van der Waals surface area contributed by atoms with E-state index < -0.39 is 10.0 Å². The lowest BCUT2D eigenvalue weighted by molar-refractivity contribution is 0.0797. The molecule has 0 bridgehead atoms. The normalized spacial score (nSPS) is 19.9. The van der Waals surface area contributed by atoms with Gasteiger partial charge in [-0.05, 0) is 37.8 Å². The van der Waals surface area contributed by atoms with E-state index in [9.17, 15) is 13.2 Å². The SMILES string of the molecule is O=C(c1ccc(S(=O)(=O)NC2CC2)s1)N1CCCC1. The third-order valence-corrected chi connectivity index (χ3v) is 6.43. The number of likely N-dealkylation sites (tertiary alicyclic amines) is 1. The third kappa shape index (κ3) is 2.82. The molecule has 0 unspecified atom stereocenters. The van der Waals surface area contributed by atoms with Crippen LogP contribution in [0.15, 0.2) is 16.3 Å². The number of carbonyl (C=O) groups excluding carboxylic acids is 1. The van der Waals surface area contributed by atoms with Crippen molar-refractivity contribution in [2.45, 2.75) is 35.9 Å². The number of hydrogen-bond acceptors (Lipinski definition) is 4. The van der Waals surface area contributed by atoms with Crippen molar-refractivity contribution in [2.75, 3.05) is 13.1 Å². The zero-order chi connectivity index (χ0) is 13.5. The zero-order valence-electron chi connectivity index (χ0n) is 10.5. The molecule has 1 saturated carbocycles. The van der Waals surface area contributed by atoms with Crippen LogP contribution in [0.5, 0.6) is 0 Å². The number of nitrogens with zero attached hydrogens (tertiary/aromatic N) is 1. The predicted octanol–water partition coefficient (Wildman–Crippen LogP) is 1.42. The number of thiophene rings is 1. The minimum atomic E-state index is -3.44. The smallest absolute Gasteiger partial charge is 0.263 e. The van der Waals surface area contributed by atoms with Crippen LogP contribution in [0.3, 0.4) is 0 Å². The van der Waals surface area contributed by atoms with Gasteiger partial charge in [-0.15, -0.1) is 11.3 Å². The quantitative estimate of drug-likeness (QED) is 0.914. The Morgan fingerprint density at radius 1 is 1.26 bits per heavy atom. The molecule has 0 radical (unpaired) electrons. The first kappa shape index (κ1) is 13.1. The minimum Gasteiger partial charge on any atom is -0.338 e. The summed E-state index contributed by atoms with van der Waals surface area (Å²) in [5, 5.41) is 0. The Morgan fingerprint density at radius 3 is 2.58 bits per heavy atom. The van der Waals surface area contributed by atoms with Crippen molar-refractivity contribution in [1.82, 2.24) is 9.62 Å². The van der Waals surface area contributed by atoms with Crippen molar-refractivity contribution in [3.8, 4) is 0 Å². The molecule has 1 aromatic rings. The van der Waals surface area contributed by atoms with E-state index in [0.717, 1.165) is 50.1 Å². The molecule has 19 heavy (non-hydrogen) atoms. The van der Waals surface area contributed by atoms with Crippen molar-refractivity contribution >= 4 is 27.3 Å². The van der Waals surface area contributed by atoms with E-state index in [4.69, 9.17) is 0 Å². The van der Waals surface area contributed by atoms with Crippen LogP contribution in [-0.2, 0) is 10.0 Å². The van der Waals surface area contributed by atoms with E-state index >= 15 is 0 Å². The summed E-state index contributed by atoms with van der Waals surface area (Å²) in [5.74, 6) is -0.0460. The minimum absolute atomic E-state index is 0.0460. The summed E-state index contributed by atoms with van der Waals surface area (Å²) in [6, 6.07) is 3.23. The van der Waals surface area contributed by atoms with Crippen LogP contribution >= 0.6 is 11.3 Å². The van der Waals surface area contributed by atoms with Crippen molar-refractivity contribution in [3.05, 3.63) is 17.0 Å². The largest absolute Gasteiger partial charge is 0.338 e. The van der Waals surface area contributed by atoms with E-state index in [0.29, 0.717) is 4.88 Å². The lowest BCUT2D eigenvalue weighted by Gasteiger charge is -2.13. The van der Waals surface area contributed by atoms with Gasteiger partial charge in [0, 0.05) is 19.1 Å². The highest BCUT2D eigenvalue weighted by molar-refractivity contribution is 7.91. The Hall–Kier alpha value is -0.920. The van der Waals surface area contributed by atoms with Gasteiger partial charge in [0.25, 0.3) is 5.91 Å². The second-order valence-electron chi connectivity index (χ2n) is 5.01. The summed E-state index contributed by atoms with van der Waals surface area (Å²) in [7, 11) is -3.44. The van der Waals surface area contributed by atoms with E-state index in [1.807, 2.05) is 0 Å². The second-order valence-corrected chi connectivity index (χ2v) is 8.04. The Balaban J connectivity index is 1.76. The van der Waals surface area contributed by atoms with Crippen LogP contribution < -0.4 is 4.72 Å². The summed E-state index contributed by atoms with van der Waals surface area (Å²) in [6.45, 7) is 1.55. The molecule has 0 aromatic carbocycles. The molecule has 0 spiro atoms. The Labute approximate surface area is 116 Å². The summed E-state index contributed by atoms with van der Waals surface area (Å²) in [4.78, 5) is 14.4. The molecule has 2 heterocycles. The topological polar surface area (TPSA) is 66.5 Å². The number of carbonyl (C=O) groups is 1. The summed E-state index contributed by atoms with van der Waals surface area (Å²) in [5.41, 5.74) is 0. The molecular weight excluding hydrogens is 284 g/mol. The van der Waals surface area contributed by atoms with Crippen molar-refractivity contribution in [3.63, 3.8) is 0 Å². The molecule has 1 N–H and O–H groups in total. The van der Waals surface area contributed by atoms with Gasteiger partial charge >= 0.3 is 0 Å². The monoisotopic (exact) mass is 300 g/mol. The number of hydrogen-bond donors (Lipinski definition) is 1. The van der Waals surface area contributed by atoms with Crippen LogP contribution in [0, 0.1) is 0 Å². The van der Waals surface area contributed by atoms with Crippen LogP contribution in [0.25, 0.3) is 0 Å². The Kier molecular flexibility index (Phi) is 3.36. The first-order valence-electron chi connectivity index (χ1n) is 6.48. The van der Waals surface area contributed by atoms with Gasteiger partial charge in [-0.3, -0.25) is 4.79 Å². The van der Waals surface area contributed by atoms with Gasteiger partial charge in [-0.2, -0.15) is 0 Å². The fourth-order valence-corrected chi connectivity index (χ4v) is 4.73. The van der Waals surface area contributed by atoms with Gasteiger partial charge in [0.15, 0.2) is 0 Å². The van der Waals surface area contributed by atoms with Crippen molar-refractivity contribution in [2.24, 2.45) is 0 Å². The summed E-state index contributed by atoms with van der Waals surface area (Å²) >= 11 is 1.06. The molecule has 5 nitrogen and oxygen atoms in total. The fourth-order valence-electron chi connectivity index (χ4n) is 2.13. The highest BCUT2D eigenvalue weighted by atomic mass is 32.2. The van der Waals surface area contributed by atoms with Gasteiger partial charge in [-0.1, -0.05) is 0 Å². The second kappa shape index (κ2) is 4.88. The molecule has 104 valence electrons. The highest BCUT2D eigenvalue weighted by Gasteiger charge is 2.30. The third-order valence-electron chi connectivity index (χ3n) is 3.35. The van der Waals surface area contributed by atoms with E-state index in [2.05, 4.69) is 4.72 Å². The number of nitrogens with one attached hydrogen (secondary N) is 1. The standard InChI is InChI=1S/C12H16N2O3S2/c15-12(14-7-1-2-8-14)10-5-6-11(18-10)19(16,17)13-9-3-4-9/h5-6,9,13H,1-4,7-8H2. The molecule has 1 aliphatic heterocycles. The van der Waals surface area contributed by atoms with Crippen molar-refractivity contribution in [1.29, 1.82) is 0 Å². The van der Waals surface area contributed by atoms with Crippen molar-refractivity contribution < 1.29 is 13.2 Å². The lowest BCUT2D eigenvalue weighted by Crippen LogP contribution is -2.27. The highest BCUT2D eigenvalue weighted by Crippen LogP contribution is 2.27. The molecule has 0 atom stereocenters. The molecule has 1 saturated heterocycles. The zero-order valence-corrected chi connectivity index (χ0v) is 12.1. The van der Waals surface area contributed by atoms with Crippen LogP contribution in [0.2, 0.25) is 0 Å². The molecule has 2 aliphatic rings. The van der Waals surface area contributed by atoms with Gasteiger partial charge in [-0.25, -0.2) is 13.1 Å². The average Bonchev–Trinajstić information content (AvgIpc) is 2.92. The maximum atomic E-state index is 12.1. The molecule has 1 aromatic heterocycles. The fraction of sp³-hybridized carbons (Fsp3) is 0.583. The number of sulfonamides is 1. The molecular formula is C12H16N2O3S2. The lowest BCUT2D eigenvalue weighted by atomic mass is 10.4. The Bertz CT molecular complexity index is 584. The maximum absolute atomic E-state index is 12.1. The first-order valence-corrected chi connectivity index (χ1v) is 8.78. The van der Waals surface area contributed by atoms with Crippen LogP contribution in [-0.4, -0.2) is 38.4 Å². The van der Waals surface area contributed by atoms with Gasteiger partial charge < -0.3 is 4.90 Å². The Morgan fingerprint density at radius 2 is 1.95 bits per heavy atom. The van der Waals surface area contributed by atoms with Gasteiger partial charge in [0.2, 0.25) is 10.0 Å². The van der Waals surface area contributed by atoms with E-state index in [1.54, 1.807) is 11.0 Å². The number of amides is 1. The van der Waals surface area contributed by atoms with Crippen LogP contribution in [0.4, 0.5) is 0 Å². The molecule has 7 heteroatoms. The maximum Gasteiger partial charge on any atom is 0.263 e. The molecule has 2 fully saturated rings. The summed E-state index contributed by atoms with van der Waals surface area (Å²) in [6.07, 6.45) is 3.88. The van der Waals surface area contributed by atoms with E-state index in [1.165, 1.54) is 6.07 Å². The van der Waals surface area contributed by atoms with Gasteiger partial charge in [0.1, 0.15) is 4.21 Å². The molecule has 1 amide bonds. The van der Waals surface area contributed by atoms with Crippen LogP contribution in [0.1, 0.15) is 35.4 Å². The molecule has 3 rings (SSSR count). The summed E-state index contributed by atoms with van der Waals surface area (Å²) < 4.78 is 26.9. The van der Waals surface area contributed by atoms with E-state index in [-0.39, 0.29) is 16.2 Å². The average molecular weight is 300 g/mol. The predicted molar refractivity (Wildman–Crippen MR) is 72.8 cm³/mol.